The van der Waals surface area contributed by atoms with E-state index in [0.29, 0.717) is 21.4 Å². The highest BCUT2D eigenvalue weighted by Gasteiger charge is 2.16. The zero-order chi connectivity index (χ0) is 16.5. The van der Waals surface area contributed by atoms with Crippen LogP contribution in [0.1, 0.15) is 11.1 Å². The van der Waals surface area contributed by atoms with Crippen LogP contribution in [0, 0.1) is 11.8 Å². The second-order valence-corrected chi connectivity index (χ2v) is 5.94. The van der Waals surface area contributed by atoms with Gasteiger partial charge in [-0.2, -0.15) is 0 Å². The molecule has 0 atom stereocenters. The van der Waals surface area contributed by atoms with Gasteiger partial charge in [0.15, 0.2) is 0 Å². The van der Waals surface area contributed by atoms with Gasteiger partial charge in [0.2, 0.25) is 0 Å². The van der Waals surface area contributed by atoms with Crippen molar-refractivity contribution in [1.82, 2.24) is 9.97 Å². The van der Waals surface area contributed by atoms with Crippen LogP contribution in [-0.4, -0.2) is 9.97 Å². The summed E-state index contributed by atoms with van der Waals surface area (Å²) in [5, 5.41) is 0.795. The molecule has 0 saturated heterocycles. The summed E-state index contributed by atoms with van der Waals surface area (Å²) in [6.45, 7) is 0. The lowest BCUT2D eigenvalue weighted by molar-refractivity contribution is 1.41. The summed E-state index contributed by atoms with van der Waals surface area (Å²) in [6, 6.07) is 19.4. The van der Waals surface area contributed by atoms with Gasteiger partial charge >= 0.3 is 0 Å². The molecule has 24 heavy (non-hydrogen) atoms. The van der Waals surface area contributed by atoms with Gasteiger partial charge < -0.3 is 0 Å². The molecule has 0 aromatic carbocycles. The normalized spacial score (nSPS) is 10.6. The van der Waals surface area contributed by atoms with Crippen LogP contribution in [0.2, 0.25) is 10.3 Å². The summed E-state index contributed by atoms with van der Waals surface area (Å²) in [7, 11) is 0. The van der Waals surface area contributed by atoms with Gasteiger partial charge in [-0.15, -0.1) is 0 Å². The van der Waals surface area contributed by atoms with E-state index in [4.69, 9.17) is 23.2 Å². The topological polar surface area (TPSA) is 25.8 Å². The summed E-state index contributed by atoms with van der Waals surface area (Å²) < 4.78 is 0. The molecule has 0 amide bonds. The highest BCUT2D eigenvalue weighted by atomic mass is 35.5. The van der Waals surface area contributed by atoms with E-state index in [9.17, 15) is 0 Å². The Morgan fingerprint density at radius 3 is 1.46 bits per heavy atom. The van der Waals surface area contributed by atoms with Crippen molar-refractivity contribution in [3.63, 3.8) is 0 Å². The number of rotatable bonds is 0. The van der Waals surface area contributed by atoms with Crippen LogP contribution >= 0.6 is 23.2 Å². The molecule has 0 saturated carbocycles. The average molecular weight is 349 g/mol. The number of hydrogen-bond acceptors (Lipinski definition) is 2. The average Bonchev–Trinajstić information content (AvgIpc) is 2.83. The molecular formula is C20H10Cl2N2. The first kappa shape index (κ1) is 15.0. The maximum atomic E-state index is 6.27. The molecular weight excluding hydrogens is 339 g/mol. The predicted octanol–water partition coefficient (Wildman–Crippen LogP) is 5.39. The van der Waals surface area contributed by atoms with Crippen LogP contribution in [0.4, 0.5) is 0 Å². The minimum atomic E-state index is 0.397. The summed E-state index contributed by atoms with van der Waals surface area (Å²) in [6.07, 6.45) is 0. The van der Waals surface area contributed by atoms with E-state index in [1.54, 1.807) is 0 Å². The summed E-state index contributed by atoms with van der Waals surface area (Å²) in [5.41, 5.74) is 4.88. The van der Waals surface area contributed by atoms with Gasteiger partial charge in [-0.1, -0.05) is 83.6 Å². The van der Waals surface area contributed by atoms with Crippen LogP contribution in [0.3, 0.4) is 0 Å². The van der Waals surface area contributed by atoms with E-state index >= 15 is 0 Å². The summed E-state index contributed by atoms with van der Waals surface area (Å²) in [5.74, 6) is 6.25. The number of aromatic nitrogens is 2. The van der Waals surface area contributed by atoms with Crippen LogP contribution in [-0.2, 0) is 0 Å². The first-order chi connectivity index (χ1) is 11.7. The maximum absolute atomic E-state index is 6.27. The van der Waals surface area contributed by atoms with Crippen molar-refractivity contribution in [3.8, 4) is 34.4 Å². The molecule has 2 heterocycles. The Hall–Kier alpha value is -2.60. The quantitative estimate of drug-likeness (QED) is 0.398. The molecule has 0 aromatic heterocycles. The number of fused-ring (bicyclic) bond motifs is 2. The van der Waals surface area contributed by atoms with Gasteiger partial charge in [0.25, 0.3) is 0 Å². The van der Waals surface area contributed by atoms with Gasteiger partial charge in [-0.25, -0.2) is 9.97 Å². The van der Waals surface area contributed by atoms with Crippen molar-refractivity contribution in [3.05, 3.63) is 82.1 Å². The molecule has 0 unspecified atom stereocenters. The van der Waals surface area contributed by atoms with Crippen molar-refractivity contribution in [2.75, 3.05) is 0 Å². The molecule has 0 spiro atoms. The molecule has 4 rings (SSSR count). The standard InChI is InChI=1S/C20H10Cl2N2/c21-19-15(13-7-3-1-5-9-17(13)23-19)11-12-16-14-8-4-2-6-10-18(14)24-20(16)22/h1-10H. The Morgan fingerprint density at radius 2 is 1.00 bits per heavy atom. The second kappa shape index (κ2) is 6.13. The van der Waals surface area contributed by atoms with Gasteiger partial charge in [0.05, 0.1) is 22.5 Å². The molecule has 2 aliphatic heterocycles. The smallest absolute Gasteiger partial charge is 0.146 e. The fraction of sp³-hybridized carbons (Fsp3) is 0. The highest BCUT2D eigenvalue weighted by Crippen LogP contribution is 2.32. The largest absolute Gasteiger partial charge is 0.235 e. The predicted molar refractivity (Wildman–Crippen MR) is 97.7 cm³/mol. The fourth-order valence-corrected chi connectivity index (χ4v) is 3.08. The van der Waals surface area contributed by atoms with Crippen LogP contribution in [0.15, 0.2) is 60.7 Å². The molecule has 0 aromatic rings. The lowest BCUT2D eigenvalue weighted by atomic mass is 10.1. The van der Waals surface area contributed by atoms with Crippen molar-refractivity contribution in [1.29, 1.82) is 0 Å². The van der Waals surface area contributed by atoms with Crippen molar-refractivity contribution in [2.45, 2.75) is 0 Å². The Kier molecular flexibility index (Phi) is 3.82. The molecule has 0 fully saturated rings. The van der Waals surface area contributed by atoms with E-state index in [0.717, 1.165) is 22.5 Å². The van der Waals surface area contributed by atoms with Gasteiger partial charge in [-0.05, 0) is 12.1 Å². The Labute approximate surface area is 149 Å². The molecule has 0 radical (unpaired) electrons. The lowest BCUT2D eigenvalue weighted by Crippen LogP contribution is -1.77. The first-order valence-electron chi connectivity index (χ1n) is 7.34. The van der Waals surface area contributed by atoms with E-state index in [1.807, 2.05) is 60.7 Å². The van der Waals surface area contributed by atoms with Crippen LogP contribution in [0.25, 0.3) is 22.5 Å². The van der Waals surface area contributed by atoms with Gasteiger partial charge in [-0.3, -0.25) is 0 Å². The van der Waals surface area contributed by atoms with E-state index < -0.39 is 0 Å². The Balaban J connectivity index is 1.86. The van der Waals surface area contributed by atoms with Crippen molar-refractivity contribution < 1.29 is 0 Å². The third-order valence-electron chi connectivity index (χ3n) is 3.73. The van der Waals surface area contributed by atoms with E-state index in [-0.39, 0.29) is 0 Å². The minimum absolute atomic E-state index is 0.397. The van der Waals surface area contributed by atoms with Gasteiger partial charge in [0, 0.05) is 11.1 Å². The molecule has 0 bridgehead atoms. The van der Waals surface area contributed by atoms with Crippen LogP contribution in [0.5, 0.6) is 0 Å². The van der Waals surface area contributed by atoms with Crippen LogP contribution < -0.4 is 0 Å². The molecule has 4 aliphatic rings. The van der Waals surface area contributed by atoms with E-state index in [1.165, 1.54) is 0 Å². The SMILES string of the molecule is Clc1nc2cccccc-2c1C#Cc1c2cccccc-2nc1Cl. The first-order valence-corrected chi connectivity index (χ1v) is 8.10. The highest BCUT2D eigenvalue weighted by molar-refractivity contribution is 6.32. The maximum Gasteiger partial charge on any atom is 0.146 e. The molecule has 4 heteroatoms. The van der Waals surface area contributed by atoms with Crippen molar-refractivity contribution in [2.24, 2.45) is 0 Å². The summed E-state index contributed by atoms with van der Waals surface area (Å²) >= 11 is 12.5. The third-order valence-corrected chi connectivity index (χ3v) is 4.28. The zero-order valence-electron chi connectivity index (χ0n) is 12.4. The second-order valence-electron chi connectivity index (χ2n) is 5.22. The summed E-state index contributed by atoms with van der Waals surface area (Å²) in [4.78, 5) is 8.72. The number of hydrogen-bond donors (Lipinski definition) is 0. The third kappa shape index (κ3) is 2.59. The monoisotopic (exact) mass is 348 g/mol. The van der Waals surface area contributed by atoms with Gasteiger partial charge in [0.1, 0.15) is 10.3 Å². The Bertz CT molecular complexity index is 964. The number of halogens is 2. The molecule has 2 aliphatic carbocycles. The lowest BCUT2D eigenvalue weighted by Gasteiger charge is -1.92. The van der Waals surface area contributed by atoms with Crippen molar-refractivity contribution >= 4 is 23.2 Å². The zero-order valence-corrected chi connectivity index (χ0v) is 13.9. The van der Waals surface area contributed by atoms with E-state index in [2.05, 4.69) is 21.8 Å². The minimum Gasteiger partial charge on any atom is -0.235 e. The molecule has 2 nitrogen and oxygen atoms in total. The number of nitrogens with zero attached hydrogens (tertiary/aromatic N) is 2. The molecule has 114 valence electrons. The molecule has 0 N–H and O–H groups in total. The fourth-order valence-electron chi connectivity index (χ4n) is 2.60. The Morgan fingerprint density at radius 1 is 0.583 bits per heavy atom.